The standard InChI is InChI=1S/C20H30N2O2/c1-4-5-12-21-19(23)16-7-9-17(10-8-16)20(24)22-18-11-6-14(2)15(3)13-18/h6,11,13,16-17H,4-5,7-10,12H2,1-3H3,(H,21,23)(H,22,24). The van der Waals surface area contributed by atoms with E-state index in [-0.39, 0.29) is 23.7 Å². The molecule has 24 heavy (non-hydrogen) atoms. The van der Waals surface area contributed by atoms with Crippen molar-refractivity contribution < 1.29 is 9.59 Å². The number of unbranched alkanes of at least 4 members (excludes halogenated alkanes) is 1. The van der Waals surface area contributed by atoms with Crippen molar-refractivity contribution in [1.29, 1.82) is 0 Å². The van der Waals surface area contributed by atoms with E-state index in [1.165, 1.54) is 11.1 Å². The minimum atomic E-state index is 0.0197. The third kappa shape index (κ3) is 5.08. The summed E-state index contributed by atoms with van der Waals surface area (Å²) < 4.78 is 0. The van der Waals surface area contributed by atoms with E-state index in [9.17, 15) is 9.59 Å². The van der Waals surface area contributed by atoms with Gasteiger partial charge in [0.05, 0.1) is 0 Å². The minimum absolute atomic E-state index is 0.0197. The largest absolute Gasteiger partial charge is 0.356 e. The molecular formula is C20H30N2O2. The van der Waals surface area contributed by atoms with E-state index in [0.717, 1.165) is 50.8 Å². The summed E-state index contributed by atoms with van der Waals surface area (Å²) in [5.74, 6) is 0.346. The molecule has 0 spiro atoms. The first-order valence-corrected chi connectivity index (χ1v) is 9.17. The average molecular weight is 330 g/mol. The monoisotopic (exact) mass is 330 g/mol. The maximum Gasteiger partial charge on any atom is 0.227 e. The molecule has 4 heteroatoms. The molecule has 0 bridgehead atoms. The van der Waals surface area contributed by atoms with E-state index in [1.807, 2.05) is 25.1 Å². The fourth-order valence-corrected chi connectivity index (χ4v) is 3.21. The van der Waals surface area contributed by atoms with Crippen LogP contribution in [-0.2, 0) is 9.59 Å². The summed E-state index contributed by atoms with van der Waals surface area (Å²) in [4.78, 5) is 24.5. The number of rotatable bonds is 6. The van der Waals surface area contributed by atoms with E-state index in [0.29, 0.717) is 0 Å². The van der Waals surface area contributed by atoms with Crippen LogP contribution in [0.3, 0.4) is 0 Å². The molecule has 0 radical (unpaired) electrons. The minimum Gasteiger partial charge on any atom is -0.356 e. The number of nitrogens with one attached hydrogen (secondary N) is 2. The topological polar surface area (TPSA) is 58.2 Å². The highest BCUT2D eigenvalue weighted by molar-refractivity contribution is 5.93. The fourth-order valence-electron chi connectivity index (χ4n) is 3.21. The van der Waals surface area contributed by atoms with Crippen LogP contribution in [0.15, 0.2) is 18.2 Å². The number of hydrogen-bond donors (Lipinski definition) is 2. The van der Waals surface area contributed by atoms with Crippen LogP contribution in [0.2, 0.25) is 0 Å². The van der Waals surface area contributed by atoms with E-state index in [4.69, 9.17) is 0 Å². The summed E-state index contributed by atoms with van der Waals surface area (Å²) in [7, 11) is 0. The van der Waals surface area contributed by atoms with Gasteiger partial charge in [0.25, 0.3) is 0 Å². The molecule has 0 unspecified atom stereocenters. The number of carbonyl (C=O) groups excluding carboxylic acids is 2. The van der Waals surface area contributed by atoms with Crippen LogP contribution >= 0.6 is 0 Å². The molecule has 2 rings (SSSR count). The molecular weight excluding hydrogens is 300 g/mol. The fraction of sp³-hybridized carbons (Fsp3) is 0.600. The van der Waals surface area contributed by atoms with Crippen molar-refractivity contribution in [2.45, 2.75) is 59.3 Å². The Bertz CT molecular complexity index is 575. The van der Waals surface area contributed by atoms with Gasteiger partial charge in [0.1, 0.15) is 0 Å². The van der Waals surface area contributed by atoms with Gasteiger partial charge in [0.15, 0.2) is 0 Å². The quantitative estimate of drug-likeness (QED) is 0.776. The third-order valence-electron chi connectivity index (χ3n) is 5.07. The van der Waals surface area contributed by atoms with E-state index < -0.39 is 0 Å². The highest BCUT2D eigenvalue weighted by Crippen LogP contribution is 2.30. The predicted octanol–water partition coefficient (Wildman–Crippen LogP) is 3.96. The molecule has 132 valence electrons. The number of amides is 2. The van der Waals surface area contributed by atoms with E-state index in [1.54, 1.807) is 0 Å². The van der Waals surface area contributed by atoms with Crippen LogP contribution in [0.4, 0.5) is 5.69 Å². The smallest absolute Gasteiger partial charge is 0.227 e. The molecule has 1 saturated carbocycles. The Morgan fingerprint density at radius 3 is 2.21 bits per heavy atom. The van der Waals surface area contributed by atoms with E-state index in [2.05, 4.69) is 24.5 Å². The average Bonchev–Trinajstić information content (AvgIpc) is 2.58. The van der Waals surface area contributed by atoms with Crippen molar-refractivity contribution in [3.8, 4) is 0 Å². The lowest BCUT2D eigenvalue weighted by Crippen LogP contribution is -2.35. The van der Waals surface area contributed by atoms with Crippen LogP contribution in [0.5, 0.6) is 0 Å². The first-order chi connectivity index (χ1) is 11.5. The molecule has 1 aromatic carbocycles. The van der Waals surface area contributed by atoms with Crippen molar-refractivity contribution in [3.05, 3.63) is 29.3 Å². The van der Waals surface area contributed by atoms with Crippen LogP contribution in [0.1, 0.15) is 56.6 Å². The maximum atomic E-state index is 12.4. The zero-order chi connectivity index (χ0) is 17.5. The summed E-state index contributed by atoms with van der Waals surface area (Å²) >= 11 is 0. The van der Waals surface area contributed by atoms with Gasteiger partial charge in [0, 0.05) is 24.1 Å². The third-order valence-corrected chi connectivity index (χ3v) is 5.07. The summed E-state index contributed by atoms with van der Waals surface area (Å²) in [6.07, 6.45) is 5.32. The van der Waals surface area contributed by atoms with Crippen molar-refractivity contribution in [2.24, 2.45) is 11.8 Å². The van der Waals surface area contributed by atoms with Gasteiger partial charge in [-0.05, 0) is 69.2 Å². The summed E-state index contributed by atoms with van der Waals surface area (Å²) in [6, 6.07) is 6.00. The second-order valence-corrected chi connectivity index (χ2v) is 6.98. The highest BCUT2D eigenvalue weighted by Gasteiger charge is 2.29. The maximum absolute atomic E-state index is 12.4. The molecule has 0 saturated heterocycles. The summed E-state index contributed by atoms with van der Waals surface area (Å²) in [5, 5.41) is 6.04. The number of benzene rings is 1. The molecule has 2 amide bonds. The van der Waals surface area contributed by atoms with Gasteiger partial charge in [-0.1, -0.05) is 19.4 Å². The molecule has 0 atom stereocenters. The molecule has 0 aromatic heterocycles. The van der Waals surface area contributed by atoms with Gasteiger partial charge in [-0.3, -0.25) is 9.59 Å². The number of aryl methyl sites for hydroxylation is 2. The number of anilines is 1. The SMILES string of the molecule is CCCCNC(=O)C1CCC(C(=O)Nc2ccc(C)c(C)c2)CC1. The summed E-state index contributed by atoms with van der Waals surface area (Å²) in [5.41, 5.74) is 3.27. The highest BCUT2D eigenvalue weighted by atomic mass is 16.2. The van der Waals surface area contributed by atoms with Crippen LogP contribution in [0, 0.1) is 25.7 Å². The number of hydrogen-bond acceptors (Lipinski definition) is 2. The Balaban J connectivity index is 1.79. The Hall–Kier alpha value is -1.84. The summed E-state index contributed by atoms with van der Waals surface area (Å²) in [6.45, 7) is 7.00. The van der Waals surface area contributed by atoms with Crippen molar-refractivity contribution >= 4 is 17.5 Å². The Morgan fingerprint density at radius 2 is 1.62 bits per heavy atom. The van der Waals surface area contributed by atoms with Gasteiger partial charge in [0.2, 0.25) is 11.8 Å². The van der Waals surface area contributed by atoms with Crippen molar-refractivity contribution in [2.75, 3.05) is 11.9 Å². The predicted molar refractivity (Wildman–Crippen MR) is 97.9 cm³/mol. The molecule has 1 aromatic rings. The molecule has 0 aliphatic heterocycles. The molecule has 4 nitrogen and oxygen atoms in total. The Morgan fingerprint density at radius 1 is 1.00 bits per heavy atom. The van der Waals surface area contributed by atoms with Crippen LogP contribution in [0.25, 0.3) is 0 Å². The van der Waals surface area contributed by atoms with Gasteiger partial charge < -0.3 is 10.6 Å². The molecule has 1 aliphatic rings. The first-order valence-electron chi connectivity index (χ1n) is 9.17. The van der Waals surface area contributed by atoms with Gasteiger partial charge in [-0.25, -0.2) is 0 Å². The van der Waals surface area contributed by atoms with Gasteiger partial charge in [-0.2, -0.15) is 0 Å². The second-order valence-electron chi connectivity index (χ2n) is 6.98. The van der Waals surface area contributed by atoms with Gasteiger partial charge in [-0.15, -0.1) is 0 Å². The normalized spacial score (nSPS) is 20.5. The van der Waals surface area contributed by atoms with Crippen molar-refractivity contribution in [3.63, 3.8) is 0 Å². The molecule has 1 aliphatic carbocycles. The molecule has 0 heterocycles. The lowest BCUT2D eigenvalue weighted by atomic mass is 9.81. The molecule has 2 N–H and O–H groups in total. The van der Waals surface area contributed by atoms with Crippen LogP contribution < -0.4 is 10.6 Å². The lowest BCUT2D eigenvalue weighted by molar-refractivity contribution is -0.128. The van der Waals surface area contributed by atoms with Gasteiger partial charge >= 0.3 is 0 Å². The first kappa shape index (κ1) is 18.5. The molecule has 1 fully saturated rings. The Kier molecular flexibility index (Phi) is 6.83. The van der Waals surface area contributed by atoms with Crippen molar-refractivity contribution in [1.82, 2.24) is 5.32 Å². The zero-order valence-electron chi connectivity index (χ0n) is 15.2. The Labute approximate surface area is 145 Å². The number of carbonyl (C=O) groups is 2. The zero-order valence-corrected chi connectivity index (χ0v) is 15.2. The second kappa shape index (κ2) is 8.86. The lowest BCUT2D eigenvalue weighted by Gasteiger charge is -2.27. The van der Waals surface area contributed by atoms with E-state index >= 15 is 0 Å². The van der Waals surface area contributed by atoms with Crippen LogP contribution in [-0.4, -0.2) is 18.4 Å².